The van der Waals surface area contributed by atoms with Crippen molar-refractivity contribution in [3.05, 3.63) is 60.2 Å². The average Bonchev–Trinajstić information content (AvgIpc) is 3.04. The second-order valence-electron chi connectivity index (χ2n) is 5.88. The number of nitrogens with zero attached hydrogens (tertiary/aromatic N) is 3. The van der Waals surface area contributed by atoms with Crippen LogP contribution in [0.1, 0.15) is 12.5 Å². The van der Waals surface area contributed by atoms with E-state index in [9.17, 15) is 4.79 Å². The zero-order chi connectivity index (χ0) is 18.5. The first-order chi connectivity index (χ1) is 12.7. The first kappa shape index (κ1) is 17.8. The maximum atomic E-state index is 13.1. The van der Waals surface area contributed by atoms with E-state index < -0.39 is 5.92 Å². The van der Waals surface area contributed by atoms with Gasteiger partial charge in [-0.1, -0.05) is 18.2 Å². The van der Waals surface area contributed by atoms with Crippen LogP contribution in [-0.2, 0) is 4.79 Å². The number of aliphatic hydroxyl groups excluding tert-OH is 1. The highest BCUT2D eigenvalue weighted by Crippen LogP contribution is 2.28. The molecule has 0 aromatic heterocycles. The summed E-state index contributed by atoms with van der Waals surface area (Å²) in [5.74, 6) is 0.0113. The van der Waals surface area contributed by atoms with E-state index in [1.807, 2.05) is 54.6 Å². The summed E-state index contributed by atoms with van der Waals surface area (Å²) in [5, 5.41) is 15.1. The molecule has 0 aliphatic carbocycles. The molecular weight excluding hydrogens is 330 g/mol. The SMILES string of the molecule is COc1ccc(C2=NN(c3ccccc3)C(=O)C2C(C)=NCCO)cc1. The first-order valence-electron chi connectivity index (χ1n) is 8.39. The number of aliphatic imine (C=N–C) groups is 1. The molecule has 0 fully saturated rings. The number of benzene rings is 2. The lowest BCUT2D eigenvalue weighted by atomic mass is 9.93. The molecule has 1 aliphatic rings. The summed E-state index contributed by atoms with van der Waals surface area (Å²) in [6.07, 6.45) is 0. The van der Waals surface area contributed by atoms with Crippen molar-refractivity contribution in [2.24, 2.45) is 16.0 Å². The van der Waals surface area contributed by atoms with Crippen molar-refractivity contribution >= 4 is 23.0 Å². The van der Waals surface area contributed by atoms with Crippen LogP contribution in [0.25, 0.3) is 0 Å². The number of hydrogen-bond acceptors (Lipinski definition) is 5. The molecule has 0 radical (unpaired) electrons. The molecule has 0 spiro atoms. The Labute approximate surface area is 152 Å². The molecule has 0 saturated heterocycles. The fourth-order valence-corrected chi connectivity index (χ4v) is 2.89. The van der Waals surface area contributed by atoms with Gasteiger partial charge in [0.05, 0.1) is 31.7 Å². The van der Waals surface area contributed by atoms with Gasteiger partial charge in [-0.3, -0.25) is 9.79 Å². The lowest BCUT2D eigenvalue weighted by Crippen LogP contribution is -2.32. The Morgan fingerprint density at radius 3 is 2.50 bits per heavy atom. The quantitative estimate of drug-likeness (QED) is 0.813. The molecular formula is C20H21N3O3. The van der Waals surface area contributed by atoms with Gasteiger partial charge < -0.3 is 9.84 Å². The monoisotopic (exact) mass is 351 g/mol. The molecule has 1 aliphatic heterocycles. The summed E-state index contributed by atoms with van der Waals surface area (Å²) >= 11 is 0. The van der Waals surface area contributed by atoms with E-state index in [0.717, 1.165) is 11.3 Å². The topological polar surface area (TPSA) is 74.5 Å². The van der Waals surface area contributed by atoms with Crippen LogP contribution in [0.2, 0.25) is 0 Å². The van der Waals surface area contributed by atoms with E-state index in [-0.39, 0.29) is 19.1 Å². The van der Waals surface area contributed by atoms with Gasteiger partial charge in [-0.2, -0.15) is 10.1 Å². The van der Waals surface area contributed by atoms with Gasteiger partial charge in [0, 0.05) is 5.71 Å². The lowest BCUT2D eigenvalue weighted by molar-refractivity contribution is -0.118. The molecule has 1 N–H and O–H groups in total. The minimum absolute atomic E-state index is 0.0599. The molecule has 0 saturated carbocycles. The third-order valence-electron chi connectivity index (χ3n) is 4.20. The molecule has 26 heavy (non-hydrogen) atoms. The smallest absolute Gasteiger partial charge is 0.262 e. The molecule has 2 aromatic carbocycles. The predicted octanol–water partition coefficient (Wildman–Crippen LogP) is 2.52. The Bertz CT molecular complexity index is 829. The van der Waals surface area contributed by atoms with Gasteiger partial charge in [-0.05, 0) is 48.9 Å². The summed E-state index contributed by atoms with van der Waals surface area (Å²) < 4.78 is 5.20. The van der Waals surface area contributed by atoms with Crippen molar-refractivity contribution in [3.63, 3.8) is 0 Å². The Kier molecular flexibility index (Phi) is 5.43. The van der Waals surface area contributed by atoms with E-state index in [2.05, 4.69) is 10.1 Å². The Morgan fingerprint density at radius 2 is 1.88 bits per heavy atom. The van der Waals surface area contributed by atoms with Crippen LogP contribution < -0.4 is 9.75 Å². The van der Waals surface area contributed by atoms with Gasteiger partial charge in [-0.25, -0.2) is 0 Å². The van der Waals surface area contributed by atoms with Crippen molar-refractivity contribution in [2.75, 3.05) is 25.3 Å². The molecule has 134 valence electrons. The fraction of sp³-hybridized carbons (Fsp3) is 0.250. The van der Waals surface area contributed by atoms with Gasteiger partial charge in [0.1, 0.15) is 11.7 Å². The molecule has 6 heteroatoms. The first-order valence-corrected chi connectivity index (χ1v) is 8.39. The van der Waals surface area contributed by atoms with Crippen LogP contribution >= 0.6 is 0 Å². The molecule has 1 amide bonds. The number of aliphatic hydroxyl groups is 1. The van der Waals surface area contributed by atoms with Crippen molar-refractivity contribution in [2.45, 2.75) is 6.92 Å². The molecule has 1 atom stereocenters. The minimum Gasteiger partial charge on any atom is -0.497 e. The number of carbonyl (C=O) groups excluding carboxylic acids is 1. The molecule has 0 bridgehead atoms. The molecule has 1 heterocycles. The number of carbonyl (C=O) groups is 1. The van der Waals surface area contributed by atoms with E-state index in [4.69, 9.17) is 9.84 Å². The summed E-state index contributed by atoms with van der Waals surface area (Å²) in [5.41, 5.74) is 2.82. The van der Waals surface area contributed by atoms with Crippen LogP contribution in [0.15, 0.2) is 64.7 Å². The number of ether oxygens (including phenoxy) is 1. The summed E-state index contributed by atoms with van der Waals surface area (Å²) in [4.78, 5) is 17.4. The van der Waals surface area contributed by atoms with E-state index in [1.165, 1.54) is 5.01 Å². The highest BCUT2D eigenvalue weighted by molar-refractivity contribution is 6.32. The zero-order valence-electron chi connectivity index (χ0n) is 14.8. The summed E-state index contributed by atoms with van der Waals surface area (Å²) in [7, 11) is 1.61. The van der Waals surface area contributed by atoms with E-state index in [0.29, 0.717) is 17.1 Å². The Balaban J connectivity index is 2.03. The number of hydrogen-bond donors (Lipinski definition) is 1. The second kappa shape index (κ2) is 7.93. The maximum Gasteiger partial charge on any atom is 0.262 e. The molecule has 6 nitrogen and oxygen atoms in total. The van der Waals surface area contributed by atoms with Crippen molar-refractivity contribution in [3.8, 4) is 5.75 Å². The highest BCUT2D eigenvalue weighted by Gasteiger charge is 2.39. The third-order valence-corrected chi connectivity index (χ3v) is 4.20. The minimum atomic E-state index is -0.574. The Hall–Kier alpha value is -2.99. The number of methoxy groups -OCH3 is 1. The standard InChI is InChI=1S/C20H21N3O3/c1-14(21-12-13-24)18-19(15-8-10-17(26-2)11-9-15)22-23(20(18)25)16-6-4-3-5-7-16/h3-11,18,24H,12-13H2,1-2H3. The van der Waals surface area contributed by atoms with Crippen molar-refractivity contribution in [1.82, 2.24) is 0 Å². The predicted molar refractivity (Wildman–Crippen MR) is 102 cm³/mol. The van der Waals surface area contributed by atoms with Crippen molar-refractivity contribution in [1.29, 1.82) is 0 Å². The van der Waals surface area contributed by atoms with Gasteiger partial charge in [-0.15, -0.1) is 0 Å². The van der Waals surface area contributed by atoms with Crippen LogP contribution in [0.5, 0.6) is 5.75 Å². The molecule has 3 rings (SSSR count). The third kappa shape index (κ3) is 3.50. The van der Waals surface area contributed by atoms with Crippen LogP contribution in [0.3, 0.4) is 0 Å². The van der Waals surface area contributed by atoms with Crippen molar-refractivity contribution < 1.29 is 14.6 Å². The van der Waals surface area contributed by atoms with E-state index >= 15 is 0 Å². The number of rotatable bonds is 6. The van der Waals surface area contributed by atoms with E-state index in [1.54, 1.807) is 14.0 Å². The maximum absolute atomic E-state index is 13.1. The molecule has 2 aromatic rings. The fourth-order valence-electron chi connectivity index (χ4n) is 2.89. The highest BCUT2D eigenvalue weighted by atomic mass is 16.5. The number of anilines is 1. The number of hydrazone groups is 1. The molecule has 1 unspecified atom stereocenters. The summed E-state index contributed by atoms with van der Waals surface area (Å²) in [6, 6.07) is 16.7. The van der Waals surface area contributed by atoms with Gasteiger partial charge in [0.2, 0.25) is 0 Å². The van der Waals surface area contributed by atoms with Gasteiger partial charge in [0.15, 0.2) is 0 Å². The van der Waals surface area contributed by atoms with Gasteiger partial charge in [0.25, 0.3) is 5.91 Å². The largest absolute Gasteiger partial charge is 0.497 e. The van der Waals surface area contributed by atoms with Crippen LogP contribution in [-0.4, -0.2) is 42.7 Å². The van der Waals surface area contributed by atoms with Crippen LogP contribution in [0, 0.1) is 5.92 Å². The van der Waals surface area contributed by atoms with Gasteiger partial charge >= 0.3 is 0 Å². The second-order valence-corrected chi connectivity index (χ2v) is 5.88. The number of amides is 1. The summed E-state index contributed by atoms with van der Waals surface area (Å²) in [6.45, 7) is 2.00. The number of para-hydroxylation sites is 1. The average molecular weight is 351 g/mol. The van der Waals surface area contributed by atoms with Crippen LogP contribution in [0.4, 0.5) is 5.69 Å². The Morgan fingerprint density at radius 1 is 1.19 bits per heavy atom. The normalized spacial score (nSPS) is 17.4. The lowest BCUT2D eigenvalue weighted by Gasteiger charge is -2.14. The zero-order valence-corrected chi connectivity index (χ0v) is 14.8.